The molecule has 0 heterocycles. The lowest BCUT2D eigenvalue weighted by Gasteiger charge is -2.70. The first kappa shape index (κ1) is 25.7. The maximum atomic E-state index is 11.8. The molecule has 0 aromatic heterocycles. The van der Waals surface area contributed by atoms with E-state index in [-0.39, 0.29) is 45.7 Å². The Morgan fingerprint density at radius 3 is 2.18 bits per heavy atom. The Balaban J connectivity index is 1.66. The van der Waals surface area contributed by atoms with E-state index in [0.29, 0.717) is 11.8 Å². The summed E-state index contributed by atoms with van der Waals surface area (Å²) in [6.07, 6.45) is 10.6. The van der Waals surface area contributed by atoms with Crippen LogP contribution in [0.1, 0.15) is 113 Å². The molecule has 3 nitrogen and oxygen atoms in total. The highest BCUT2D eigenvalue weighted by atomic mass is 16.3. The highest BCUT2D eigenvalue weighted by Crippen LogP contribution is 2.75. The number of aliphatic hydroxyl groups is 3. The predicted octanol–water partition coefficient (Wildman–Crippen LogP) is 6.50. The van der Waals surface area contributed by atoms with Gasteiger partial charge in [-0.2, -0.15) is 0 Å². The molecule has 4 rings (SSSR count). The van der Waals surface area contributed by atoms with E-state index < -0.39 is 5.60 Å². The standard InChI is InChI=1S/C30H52O3/c1-19(2)10-9-14-30(8,33)20-11-16-29(7)25(20)21(31)18-23-27(5)15-13-24(32)26(3,4)22(27)12-17-28(23,29)6/h10,20-25,31-33H,9,11-18H2,1-8H3/t20-,21+,22-,23+,24-,25?,27-,28+,29+,30-/m0/s1. The summed E-state index contributed by atoms with van der Waals surface area (Å²) >= 11 is 0. The maximum absolute atomic E-state index is 11.8. The average molecular weight is 461 g/mol. The van der Waals surface area contributed by atoms with E-state index in [9.17, 15) is 15.3 Å². The van der Waals surface area contributed by atoms with Crippen molar-refractivity contribution in [2.24, 2.45) is 45.3 Å². The first-order chi connectivity index (χ1) is 15.1. The summed E-state index contributed by atoms with van der Waals surface area (Å²) in [4.78, 5) is 0. The minimum absolute atomic E-state index is 0.0503. The topological polar surface area (TPSA) is 60.7 Å². The third kappa shape index (κ3) is 3.61. The molecule has 0 aliphatic heterocycles. The third-order valence-electron chi connectivity index (χ3n) is 12.4. The van der Waals surface area contributed by atoms with Crippen molar-refractivity contribution in [2.45, 2.75) is 131 Å². The van der Waals surface area contributed by atoms with Crippen LogP contribution >= 0.6 is 0 Å². The molecular weight excluding hydrogens is 408 g/mol. The molecule has 190 valence electrons. The predicted molar refractivity (Wildman–Crippen MR) is 136 cm³/mol. The SMILES string of the molecule is CC(C)=CCC[C@](C)(O)[C@H]1CC[C@]2(C)C1[C@H](O)C[C@@H]1[C@@]3(C)CC[C@H](O)C(C)(C)[C@@H]3CC[C@]12C. The van der Waals surface area contributed by atoms with Gasteiger partial charge in [-0.25, -0.2) is 0 Å². The van der Waals surface area contributed by atoms with Crippen LogP contribution in [0.25, 0.3) is 0 Å². The second kappa shape index (κ2) is 8.07. The largest absolute Gasteiger partial charge is 0.393 e. The molecule has 3 N–H and O–H groups in total. The second-order valence-electron chi connectivity index (χ2n) is 14.5. The van der Waals surface area contributed by atoms with Gasteiger partial charge in [0.1, 0.15) is 0 Å². The van der Waals surface area contributed by atoms with Crippen molar-refractivity contribution >= 4 is 0 Å². The van der Waals surface area contributed by atoms with Gasteiger partial charge in [-0.15, -0.1) is 0 Å². The number of rotatable bonds is 4. The van der Waals surface area contributed by atoms with Crippen molar-refractivity contribution in [3.8, 4) is 0 Å². The molecule has 33 heavy (non-hydrogen) atoms. The van der Waals surface area contributed by atoms with Gasteiger partial charge in [-0.1, -0.05) is 46.3 Å². The summed E-state index contributed by atoms with van der Waals surface area (Å²) in [5, 5.41) is 34.3. The van der Waals surface area contributed by atoms with Gasteiger partial charge >= 0.3 is 0 Å². The Hall–Kier alpha value is -0.380. The molecule has 0 spiro atoms. The molecule has 0 amide bonds. The summed E-state index contributed by atoms with van der Waals surface area (Å²) in [5.74, 6) is 1.31. The van der Waals surface area contributed by atoms with E-state index in [1.54, 1.807) is 0 Å². The number of hydrogen-bond donors (Lipinski definition) is 3. The van der Waals surface area contributed by atoms with Crippen molar-refractivity contribution in [3.63, 3.8) is 0 Å². The van der Waals surface area contributed by atoms with Crippen LogP contribution in [0.2, 0.25) is 0 Å². The van der Waals surface area contributed by atoms with Gasteiger partial charge in [0.05, 0.1) is 17.8 Å². The van der Waals surface area contributed by atoms with E-state index in [1.165, 1.54) is 18.4 Å². The van der Waals surface area contributed by atoms with Crippen molar-refractivity contribution in [3.05, 3.63) is 11.6 Å². The summed E-state index contributed by atoms with van der Waals surface area (Å²) in [7, 11) is 0. The molecule has 10 atom stereocenters. The molecule has 0 saturated heterocycles. The number of fused-ring (bicyclic) bond motifs is 5. The van der Waals surface area contributed by atoms with Gasteiger partial charge in [0, 0.05) is 0 Å². The smallest absolute Gasteiger partial charge is 0.0654 e. The fraction of sp³-hybridized carbons (Fsp3) is 0.933. The zero-order valence-electron chi connectivity index (χ0n) is 22.7. The van der Waals surface area contributed by atoms with Crippen LogP contribution in [0.5, 0.6) is 0 Å². The third-order valence-corrected chi connectivity index (χ3v) is 12.4. The summed E-state index contributed by atoms with van der Waals surface area (Å²) in [6.45, 7) is 18.3. The Bertz CT molecular complexity index is 779. The lowest BCUT2D eigenvalue weighted by Crippen LogP contribution is -2.66. The fourth-order valence-corrected chi connectivity index (χ4v) is 10.3. The van der Waals surface area contributed by atoms with Gasteiger partial charge in [-0.05, 0) is 124 Å². The van der Waals surface area contributed by atoms with Gasteiger partial charge in [0.2, 0.25) is 0 Å². The maximum Gasteiger partial charge on any atom is 0.0654 e. The average Bonchev–Trinajstić information content (AvgIpc) is 3.08. The molecule has 0 radical (unpaired) electrons. The van der Waals surface area contributed by atoms with Crippen LogP contribution < -0.4 is 0 Å². The van der Waals surface area contributed by atoms with E-state index in [4.69, 9.17) is 0 Å². The Morgan fingerprint density at radius 2 is 1.55 bits per heavy atom. The normalized spacial score (nSPS) is 50.5. The van der Waals surface area contributed by atoms with Crippen LogP contribution in [0.4, 0.5) is 0 Å². The van der Waals surface area contributed by atoms with Gasteiger partial charge in [0.15, 0.2) is 0 Å². The van der Waals surface area contributed by atoms with Crippen molar-refractivity contribution in [1.82, 2.24) is 0 Å². The molecule has 4 saturated carbocycles. The van der Waals surface area contributed by atoms with Crippen LogP contribution in [0, 0.1) is 45.3 Å². The van der Waals surface area contributed by atoms with Crippen LogP contribution in [-0.2, 0) is 0 Å². The van der Waals surface area contributed by atoms with Crippen LogP contribution in [-0.4, -0.2) is 33.1 Å². The highest BCUT2D eigenvalue weighted by molar-refractivity contribution is 5.20. The minimum Gasteiger partial charge on any atom is -0.393 e. The molecular formula is C30H52O3. The van der Waals surface area contributed by atoms with Crippen LogP contribution in [0.3, 0.4) is 0 Å². The Labute approximate surface area is 203 Å². The zero-order chi connectivity index (χ0) is 24.6. The summed E-state index contributed by atoms with van der Waals surface area (Å²) in [5.41, 5.74) is 0.885. The van der Waals surface area contributed by atoms with E-state index in [0.717, 1.165) is 44.9 Å². The Morgan fingerprint density at radius 1 is 0.909 bits per heavy atom. The van der Waals surface area contributed by atoms with Crippen molar-refractivity contribution in [1.29, 1.82) is 0 Å². The minimum atomic E-state index is -0.739. The summed E-state index contributed by atoms with van der Waals surface area (Å²) < 4.78 is 0. The lowest BCUT2D eigenvalue weighted by molar-refractivity contribution is -0.246. The second-order valence-corrected chi connectivity index (χ2v) is 14.5. The monoisotopic (exact) mass is 460 g/mol. The molecule has 1 unspecified atom stereocenters. The van der Waals surface area contributed by atoms with E-state index in [2.05, 4.69) is 54.5 Å². The molecule has 4 fully saturated rings. The molecule has 4 aliphatic carbocycles. The van der Waals surface area contributed by atoms with Gasteiger partial charge in [0.25, 0.3) is 0 Å². The van der Waals surface area contributed by atoms with E-state index >= 15 is 0 Å². The lowest BCUT2D eigenvalue weighted by atomic mass is 9.35. The quantitative estimate of drug-likeness (QED) is 0.420. The van der Waals surface area contributed by atoms with Gasteiger partial charge in [-0.3, -0.25) is 0 Å². The zero-order valence-corrected chi connectivity index (χ0v) is 22.7. The van der Waals surface area contributed by atoms with Crippen molar-refractivity contribution < 1.29 is 15.3 Å². The first-order valence-electron chi connectivity index (χ1n) is 13.8. The van der Waals surface area contributed by atoms with E-state index in [1.807, 2.05) is 6.92 Å². The summed E-state index contributed by atoms with van der Waals surface area (Å²) in [6, 6.07) is 0. The fourth-order valence-electron chi connectivity index (χ4n) is 10.3. The Kier molecular flexibility index (Phi) is 6.28. The number of allylic oxidation sites excluding steroid dienone is 2. The van der Waals surface area contributed by atoms with Gasteiger partial charge < -0.3 is 15.3 Å². The molecule has 0 bridgehead atoms. The van der Waals surface area contributed by atoms with Crippen molar-refractivity contribution in [2.75, 3.05) is 0 Å². The molecule has 0 aromatic carbocycles. The molecule has 0 aromatic rings. The highest BCUT2D eigenvalue weighted by Gasteiger charge is 2.71. The number of aliphatic hydroxyl groups excluding tert-OH is 2. The molecule has 3 heteroatoms. The molecule has 4 aliphatic rings. The van der Waals surface area contributed by atoms with Crippen LogP contribution in [0.15, 0.2) is 11.6 Å². The first-order valence-corrected chi connectivity index (χ1v) is 13.8. The number of hydrogen-bond acceptors (Lipinski definition) is 3.